The minimum Gasteiger partial charge on any atom is -0.342 e. The smallest absolute Gasteiger partial charge is 0.278 e. The van der Waals surface area contributed by atoms with Crippen LogP contribution >= 0.6 is 0 Å². The van der Waals surface area contributed by atoms with E-state index in [9.17, 15) is 9.59 Å². The molecule has 7 heteroatoms. The van der Waals surface area contributed by atoms with Crippen molar-refractivity contribution in [3.63, 3.8) is 0 Å². The molecule has 2 saturated heterocycles. The van der Waals surface area contributed by atoms with E-state index in [2.05, 4.69) is 22.1 Å². The number of hydrogen-bond acceptors (Lipinski definition) is 4. The Morgan fingerprint density at radius 1 is 1.10 bits per heavy atom. The van der Waals surface area contributed by atoms with Crippen molar-refractivity contribution in [1.82, 2.24) is 20.0 Å². The molecule has 0 saturated carbocycles. The molecule has 1 N–H and O–H groups in total. The third-order valence-electron chi connectivity index (χ3n) is 6.49. The van der Waals surface area contributed by atoms with E-state index >= 15 is 0 Å². The first-order valence-electron chi connectivity index (χ1n) is 10.9. The van der Waals surface area contributed by atoms with Crippen LogP contribution in [0.3, 0.4) is 0 Å². The lowest BCUT2D eigenvalue weighted by Gasteiger charge is -2.36. The number of piperidine rings is 2. The Hall–Kier alpha value is -2.67. The van der Waals surface area contributed by atoms with E-state index in [0.717, 1.165) is 63.2 Å². The number of nitrogens with zero attached hydrogens (tertiary/aromatic N) is 4. The van der Waals surface area contributed by atoms with Crippen LogP contribution < -0.4 is 4.90 Å². The van der Waals surface area contributed by atoms with Crippen LogP contribution in [0.2, 0.25) is 0 Å². The molecule has 2 amide bonds. The number of hydrogen-bond donors (Lipinski definition) is 1. The van der Waals surface area contributed by atoms with Gasteiger partial charge in [0.2, 0.25) is 5.91 Å². The second-order valence-corrected chi connectivity index (χ2v) is 8.61. The summed E-state index contributed by atoms with van der Waals surface area (Å²) in [5.41, 5.74) is 2.26. The van der Waals surface area contributed by atoms with E-state index in [1.165, 1.54) is 0 Å². The highest BCUT2D eigenvalue weighted by Gasteiger charge is 2.31. The molecule has 1 atom stereocenters. The Bertz CT molecular complexity index is 873. The molecule has 0 aliphatic carbocycles. The first-order valence-corrected chi connectivity index (χ1v) is 10.9. The summed E-state index contributed by atoms with van der Waals surface area (Å²) in [7, 11) is 3.86. The fourth-order valence-corrected chi connectivity index (χ4v) is 4.63. The SMILES string of the molecule is CN1CCCC(C(=O)N2CCC(c3cc(C(=O)N(C)c4ccccc4)n[nH]3)CC2)C1. The molecule has 1 aromatic carbocycles. The van der Waals surface area contributed by atoms with Crippen LogP contribution in [0.15, 0.2) is 36.4 Å². The minimum atomic E-state index is -0.127. The summed E-state index contributed by atoms with van der Waals surface area (Å²) in [6.45, 7) is 3.51. The topological polar surface area (TPSA) is 72.5 Å². The fourth-order valence-electron chi connectivity index (χ4n) is 4.63. The summed E-state index contributed by atoms with van der Waals surface area (Å²) in [6, 6.07) is 11.4. The predicted molar refractivity (Wildman–Crippen MR) is 117 cm³/mol. The average molecular weight is 410 g/mol. The first-order chi connectivity index (χ1) is 14.5. The lowest BCUT2D eigenvalue weighted by molar-refractivity contribution is -0.138. The quantitative estimate of drug-likeness (QED) is 0.843. The van der Waals surface area contributed by atoms with E-state index in [1.807, 2.05) is 41.3 Å². The molecule has 0 radical (unpaired) electrons. The van der Waals surface area contributed by atoms with Crippen LogP contribution in [-0.2, 0) is 4.79 Å². The molecular formula is C23H31N5O2. The number of carbonyl (C=O) groups is 2. The summed E-state index contributed by atoms with van der Waals surface area (Å²) in [6.07, 6.45) is 3.91. The summed E-state index contributed by atoms with van der Waals surface area (Å²) >= 11 is 0. The molecule has 0 bridgehead atoms. The van der Waals surface area contributed by atoms with Crippen molar-refractivity contribution in [2.75, 3.05) is 45.2 Å². The van der Waals surface area contributed by atoms with E-state index in [0.29, 0.717) is 17.5 Å². The van der Waals surface area contributed by atoms with Gasteiger partial charge in [-0.1, -0.05) is 18.2 Å². The number of para-hydroxylation sites is 1. The lowest BCUT2D eigenvalue weighted by atomic mass is 9.91. The molecule has 2 aliphatic rings. The van der Waals surface area contributed by atoms with Crippen LogP contribution in [0.25, 0.3) is 0 Å². The maximum atomic E-state index is 12.9. The van der Waals surface area contributed by atoms with Crippen LogP contribution in [0, 0.1) is 5.92 Å². The molecule has 0 spiro atoms. The third-order valence-corrected chi connectivity index (χ3v) is 6.49. The zero-order valence-electron chi connectivity index (χ0n) is 17.9. The van der Waals surface area contributed by atoms with Crippen molar-refractivity contribution in [1.29, 1.82) is 0 Å². The second kappa shape index (κ2) is 9.00. The molecule has 1 aromatic heterocycles. The maximum Gasteiger partial charge on any atom is 0.278 e. The number of carbonyl (C=O) groups excluding carboxylic acids is 2. The van der Waals surface area contributed by atoms with E-state index in [4.69, 9.17) is 0 Å². The molecule has 30 heavy (non-hydrogen) atoms. The highest BCUT2D eigenvalue weighted by atomic mass is 16.2. The average Bonchev–Trinajstić information content (AvgIpc) is 3.28. The first kappa shape index (κ1) is 20.6. The van der Waals surface area contributed by atoms with Crippen LogP contribution in [0.4, 0.5) is 5.69 Å². The Morgan fingerprint density at radius 2 is 1.83 bits per heavy atom. The lowest BCUT2D eigenvalue weighted by Crippen LogP contribution is -2.46. The molecule has 160 valence electrons. The molecule has 2 aliphatic heterocycles. The number of H-pyrrole nitrogens is 1. The zero-order chi connectivity index (χ0) is 21.1. The van der Waals surface area contributed by atoms with Crippen LogP contribution in [0.5, 0.6) is 0 Å². The molecule has 2 fully saturated rings. The number of aromatic amines is 1. The van der Waals surface area contributed by atoms with Gasteiger partial charge in [-0.25, -0.2) is 0 Å². The Labute approximate surface area is 178 Å². The summed E-state index contributed by atoms with van der Waals surface area (Å²) < 4.78 is 0. The van der Waals surface area contributed by atoms with Gasteiger partial charge in [0.15, 0.2) is 5.69 Å². The van der Waals surface area contributed by atoms with Gasteiger partial charge in [0, 0.05) is 44.0 Å². The van der Waals surface area contributed by atoms with Gasteiger partial charge >= 0.3 is 0 Å². The van der Waals surface area contributed by atoms with Gasteiger partial charge in [-0.15, -0.1) is 0 Å². The molecule has 1 unspecified atom stereocenters. The standard InChI is InChI=1S/C23H31N5O2/c1-26-12-6-7-18(16-26)22(29)28-13-10-17(11-14-28)20-15-21(25-24-20)23(30)27(2)19-8-4-3-5-9-19/h3-5,8-9,15,17-18H,6-7,10-14,16H2,1-2H3,(H,24,25). The van der Waals surface area contributed by atoms with Gasteiger partial charge in [-0.05, 0) is 57.5 Å². The van der Waals surface area contributed by atoms with Crippen LogP contribution in [-0.4, -0.2) is 72.1 Å². The van der Waals surface area contributed by atoms with Gasteiger partial charge in [-0.3, -0.25) is 14.7 Å². The largest absolute Gasteiger partial charge is 0.342 e. The van der Waals surface area contributed by atoms with E-state index < -0.39 is 0 Å². The third kappa shape index (κ3) is 4.41. The second-order valence-electron chi connectivity index (χ2n) is 8.61. The number of anilines is 1. The van der Waals surface area contributed by atoms with Crippen molar-refractivity contribution < 1.29 is 9.59 Å². The minimum absolute atomic E-state index is 0.127. The van der Waals surface area contributed by atoms with Crippen molar-refractivity contribution in [2.45, 2.75) is 31.6 Å². The zero-order valence-corrected chi connectivity index (χ0v) is 17.9. The summed E-state index contributed by atoms with van der Waals surface area (Å²) in [4.78, 5) is 31.6. The van der Waals surface area contributed by atoms with Gasteiger partial charge in [0.25, 0.3) is 5.91 Å². The number of benzene rings is 1. The van der Waals surface area contributed by atoms with Crippen molar-refractivity contribution in [3.8, 4) is 0 Å². The molecular weight excluding hydrogens is 378 g/mol. The summed E-state index contributed by atoms with van der Waals surface area (Å²) in [5, 5.41) is 7.34. The number of amides is 2. The predicted octanol–water partition coefficient (Wildman–Crippen LogP) is 2.73. The molecule has 2 aromatic rings. The number of nitrogens with one attached hydrogen (secondary N) is 1. The molecule has 4 rings (SSSR count). The van der Waals surface area contributed by atoms with Crippen molar-refractivity contribution in [2.24, 2.45) is 5.92 Å². The maximum absolute atomic E-state index is 12.9. The molecule has 3 heterocycles. The normalized spacial score (nSPS) is 20.9. The van der Waals surface area contributed by atoms with Crippen molar-refractivity contribution in [3.05, 3.63) is 47.8 Å². The number of rotatable bonds is 4. The Balaban J connectivity index is 1.34. The Kier molecular flexibility index (Phi) is 6.18. The highest BCUT2D eigenvalue weighted by Crippen LogP contribution is 2.29. The number of likely N-dealkylation sites (tertiary alicyclic amines) is 2. The van der Waals surface area contributed by atoms with Gasteiger partial charge < -0.3 is 14.7 Å². The van der Waals surface area contributed by atoms with Gasteiger partial charge in [0.05, 0.1) is 5.92 Å². The van der Waals surface area contributed by atoms with Gasteiger partial charge in [0.1, 0.15) is 0 Å². The van der Waals surface area contributed by atoms with Crippen molar-refractivity contribution >= 4 is 17.5 Å². The monoisotopic (exact) mass is 409 g/mol. The van der Waals surface area contributed by atoms with E-state index in [-0.39, 0.29) is 11.8 Å². The van der Waals surface area contributed by atoms with Crippen LogP contribution in [0.1, 0.15) is 47.8 Å². The number of aromatic nitrogens is 2. The van der Waals surface area contributed by atoms with E-state index in [1.54, 1.807) is 11.9 Å². The summed E-state index contributed by atoms with van der Waals surface area (Å²) in [5.74, 6) is 0.632. The van der Waals surface area contributed by atoms with Gasteiger partial charge in [-0.2, -0.15) is 5.10 Å². The highest BCUT2D eigenvalue weighted by molar-refractivity contribution is 6.04. The Morgan fingerprint density at radius 3 is 2.53 bits per heavy atom. The molecule has 7 nitrogen and oxygen atoms in total. The fraction of sp³-hybridized carbons (Fsp3) is 0.522.